The van der Waals surface area contributed by atoms with Gasteiger partial charge < -0.3 is 10.1 Å². The Morgan fingerprint density at radius 3 is 3.00 bits per heavy atom. The summed E-state index contributed by atoms with van der Waals surface area (Å²) in [5, 5.41) is 7.80. The zero-order valence-electron chi connectivity index (χ0n) is 10.2. The summed E-state index contributed by atoms with van der Waals surface area (Å²) in [7, 11) is 0. The fourth-order valence-corrected chi connectivity index (χ4v) is 1.97. The summed E-state index contributed by atoms with van der Waals surface area (Å²) in [6.45, 7) is 9.12. The van der Waals surface area contributed by atoms with Crippen LogP contribution in [0.1, 0.15) is 26.0 Å². The molecule has 1 N–H and O–H groups in total. The van der Waals surface area contributed by atoms with Gasteiger partial charge in [-0.1, -0.05) is 13.8 Å². The number of nitrogens with one attached hydrogen (secondary N) is 1. The SMILES string of the molecule is CCCn1nccc1CNCC1(C)COC1. The van der Waals surface area contributed by atoms with E-state index < -0.39 is 0 Å². The summed E-state index contributed by atoms with van der Waals surface area (Å²) in [5.74, 6) is 0. The van der Waals surface area contributed by atoms with Gasteiger partial charge in [-0.2, -0.15) is 5.10 Å². The van der Waals surface area contributed by atoms with Crippen molar-refractivity contribution < 1.29 is 4.74 Å². The van der Waals surface area contributed by atoms with Crippen molar-refractivity contribution in [2.45, 2.75) is 33.4 Å². The Labute approximate surface area is 97.0 Å². The highest BCUT2D eigenvalue weighted by atomic mass is 16.5. The van der Waals surface area contributed by atoms with E-state index in [1.54, 1.807) is 0 Å². The number of aromatic nitrogens is 2. The van der Waals surface area contributed by atoms with Crippen molar-refractivity contribution >= 4 is 0 Å². The van der Waals surface area contributed by atoms with E-state index in [-0.39, 0.29) is 0 Å². The summed E-state index contributed by atoms with van der Waals surface area (Å²) in [6.07, 6.45) is 3.00. The van der Waals surface area contributed by atoms with Crippen molar-refractivity contribution in [2.24, 2.45) is 5.41 Å². The molecule has 1 saturated heterocycles. The molecule has 4 nitrogen and oxygen atoms in total. The Morgan fingerprint density at radius 2 is 2.38 bits per heavy atom. The van der Waals surface area contributed by atoms with Crippen LogP contribution in [0.5, 0.6) is 0 Å². The Morgan fingerprint density at radius 1 is 1.56 bits per heavy atom. The van der Waals surface area contributed by atoms with E-state index in [4.69, 9.17) is 4.74 Å². The maximum atomic E-state index is 5.23. The van der Waals surface area contributed by atoms with E-state index in [2.05, 4.69) is 35.0 Å². The third kappa shape index (κ3) is 2.62. The van der Waals surface area contributed by atoms with Crippen LogP contribution in [0.2, 0.25) is 0 Å². The fraction of sp³-hybridized carbons (Fsp3) is 0.750. The molecule has 2 heterocycles. The summed E-state index contributed by atoms with van der Waals surface area (Å²) < 4.78 is 7.31. The van der Waals surface area contributed by atoms with E-state index in [0.717, 1.165) is 39.3 Å². The number of ether oxygens (including phenoxy) is 1. The first kappa shape index (κ1) is 11.6. The van der Waals surface area contributed by atoms with E-state index >= 15 is 0 Å². The molecule has 0 spiro atoms. The van der Waals surface area contributed by atoms with Crippen molar-refractivity contribution in [3.05, 3.63) is 18.0 Å². The van der Waals surface area contributed by atoms with Gasteiger partial charge in [-0.05, 0) is 12.5 Å². The van der Waals surface area contributed by atoms with E-state index in [0.29, 0.717) is 5.41 Å². The standard InChI is InChI=1S/C12H21N3O/c1-3-6-15-11(4-5-14-15)7-13-8-12(2)9-16-10-12/h4-5,13H,3,6-10H2,1-2H3. The van der Waals surface area contributed by atoms with Gasteiger partial charge in [-0.15, -0.1) is 0 Å². The van der Waals surface area contributed by atoms with Gasteiger partial charge in [0.1, 0.15) is 0 Å². The van der Waals surface area contributed by atoms with Crippen LogP contribution in [0.25, 0.3) is 0 Å². The van der Waals surface area contributed by atoms with Crippen LogP contribution < -0.4 is 5.32 Å². The molecular formula is C12H21N3O. The largest absolute Gasteiger partial charge is 0.380 e. The van der Waals surface area contributed by atoms with Crippen molar-refractivity contribution in [1.29, 1.82) is 0 Å². The van der Waals surface area contributed by atoms with Gasteiger partial charge in [-0.25, -0.2) is 0 Å². The number of hydrogen-bond acceptors (Lipinski definition) is 3. The molecule has 0 atom stereocenters. The first-order valence-corrected chi connectivity index (χ1v) is 6.03. The van der Waals surface area contributed by atoms with Gasteiger partial charge >= 0.3 is 0 Å². The highest BCUT2D eigenvalue weighted by molar-refractivity contribution is 5.00. The summed E-state index contributed by atoms with van der Waals surface area (Å²) in [6, 6.07) is 2.09. The average Bonchev–Trinajstić information content (AvgIpc) is 2.64. The summed E-state index contributed by atoms with van der Waals surface area (Å²) >= 11 is 0. The lowest BCUT2D eigenvalue weighted by Gasteiger charge is -2.38. The van der Waals surface area contributed by atoms with Crippen molar-refractivity contribution in [2.75, 3.05) is 19.8 Å². The van der Waals surface area contributed by atoms with Gasteiger partial charge in [0.25, 0.3) is 0 Å². The zero-order chi connectivity index (χ0) is 11.4. The third-order valence-corrected chi connectivity index (χ3v) is 3.00. The molecule has 1 aromatic heterocycles. The minimum atomic E-state index is 0.343. The second-order valence-corrected chi connectivity index (χ2v) is 4.95. The van der Waals surface area contributed by atoms with Gasteiger partial charge in [0, 0.05) is 31.2 Å². The number of nitrogens with zero attached hydrogens (tertiary/aromatic N) is 2. The molecule has 0 saturated carbocycles. The van der Waals surface area contributed by atoms with Crippen molar-refractivity contribution in [3.63, 3.8) is 0 Å². The molecule has 16 heavy (non-hydrogen) atoms. The molecule has 90 valence electrons. The molecule has 0 aliphatic carbocycles. The van der Waals surface area contributed by atoms with Crippen molar-refractivity contribution in [3.8, 4) is 0 Å². The van der Waals surface area contributed by atoms with E-state index in [1.807, 2.05) is 6.20 Å². The van der Waals surface area contributed by atoms with Gasteiger partial charge in [-0.3, -0.25) is 4.68 Å². The highest BCUT2D eigenvalue weighted by Crippen LogP contribution is 2.25. The molecule has 0 amide bonds. The molecular weight excluding hydrogens is 202 g/mol. The molecule has 0 bridgehead atoms. The van der Waals surface area contributed by atoms with Crippen LogP contribution >= 0.6 is 0 Å². The van der Waals surface area contributed by atoms with Crippen LogP contribution in [0.4, 0.5) is 0 Å². The predicted octanol–water partition coefficient (Wildman–Crippen LogP) is 1.42. The molecule has 0 aromatic carbocycles. The molecule has 1 aromatic rings. The summed E-state index contributed by atoms with van der Waals surface area (Å²) in [5.41, 5.74) is 1.61. The maximum Gasteiger partial charge on any atom is 0.0554 e. The van der Waals surface area contributed by atoms with Gasteiger partial charge in [0.2, 0.25) is 0 Å². The second-order valence-electron chi connectivity index (χ2n) is 4.95. The third-order valence-electron chi connectivity index (χ3n) is 3.00. The first-order valence-electron chi connectivity index (χ1n) is 6.03. The molecule has 1 aliphatic rings. The highest BCUT2D eigenvalue weighted by Gasteiger charge is 2.32. The average molecular weight is 223 g/mol. The Hall–Kier alpha value is -0.870. The van der Waals surface area contributed by atoms with Crippen LogP contribution in [-0.2, 0) is 17.8 Å². The lowest BCUT2D eigenvalue weighted by molar-refractivity contribution is -0.0992. The summed E-state index contributed by atoms with van der Waals surface area (Å²) in [4.78, 5) is 0. The second kappa shape index (κ2) is 4.97. The molecule has 1 aliphatic heterocycles. The smallest absolute Gasteiger partial charge is 0.0554 e. The van der Waals surface area contributed by atoms with Crippen LogP contribution in [0, 0.1) is 5.41 Å². The number of aryl methyl sites for hydroxylation is 1. The molecule has 4 heteroatoms. The first-order chi connectivity index (χ1) is 7.73. The van der Waals surface area contributed by atoms with Gasteiger partial charge in [0.05, 0.1) is 18.9 Å². The number of hydrogen-bond donors (Lipinski definition) is 1. The van der Waals surface area contributed by atoms with Crippen LogP contribution in [-0.4, -0.2) is 29.5 Å². The van der Waals surface area contributed by atoms with E-state index in [1.165, 1.54) is 5.69 Å². The Kier molecular flexibility index (Phi) is 3.61. The minimum absolute atomic E-state index is 0.343. The lowest BCUT2D eigenvalue weighted by atomic mass is 9.89. The minimum Gasteiger partial charge on any atom is -0.380 e. The molecule has 0 unspecified atom stereocenters. The predicted molar refractivity (Wildman–Crippen MR) is 63.2 cm³/mol. The fourth-order valence-electron chi connectivity index (χ4n) is 1.97. The van der Waals surface area contributed by atoms with Crippen LogP contribution in [0.15, 0.2) is 12.3 Å². The molecule has 2 rings (SSSR count). The quantitative estimate of drug-likeness (QED) is 0.792. The van der Waals surface area contributed by atoms with Gasteiger partial charge in [0.15, 0.2) is 0 Å². The molecule has 1 fully saturated rings. The Balaban J connectivity index is 1.78. The maximum absolute atomic E-state index is 5.23. The van der Waals surface area contributed by atoms with Crippen LogP contribution in [0.3, 0.4) is 0 Å². The molecule has 0 radical (unpaired) electrons. The zero-order valence-corrected chi connectivity index (χ0v) is 10.2. The Bertz CT molecular complexity index is 331. The topological polar surface area (TPSA) is 39.1 Å². The lowest BCUT2D eigenvalue weighted by Crippen LogP contribution is -2.47. The monoisotopic (exact) mass is 223 g/mol. The number of rotatable bonds is 6. The van der Waals surface area contributed by atoms with E-state index in [9.17, 15) is 0 Å². The normalized spacial score (nSPS) is 18.4. The van der Waals surface area contributed by atoms with Crippen molar-refractivity contribution in [1.82, 2.24) is 15.1 Å².